The molecule has 0 spiro atoms. The first-order valence-electron chi connectivity index (χ1n) is 34.3. The van der Waals surface area contributed by atoms with Gasteiger partial charge in [-0.15, -0.1) is 0 Å². The summed E-state index contributed by atoms with van der Waals surface area (Å²) < 4.78 is 17.0. The molecule has 0 amide bonds. The Labute approximate surface area is 512 Å². The Bertz CT molecular complexity index is 1800. The molecule has 0 N–H and O–H groups in total. The maximum atomic E-state index is 13.0. The summed E-state index contributed by atoms with van der Waals surface area (Å²) in [6, 6.07) is 0. The van der Waals surface area contributed by atoms with Gasteiger partial charge in [0, 0.05) is 19.3 Å². The van der Waals surface area contributed by atoms with Crippen molar-refractivity contribution in [3.8, 4) is 0 Å². The van der Waals surface area contributed by atoms with Crippen molar-refractivity contribution in [2.24, 2.45) is 0 Å². The third-order valence-corrected chi connectivity index (χ3v) is 14.3. The highest BCUT2D eigenvalue weighted by Gasteiger charge is 2.19. The van der Waals surface area contributed by atoms with E-state index in [2.05, 4.69) is 167 Å². The van der Waals surface area contributed by atoms with Gasteiger partial charge >= 0.3 is 17.9 Å². The molecule has 0 fully saturated rings. The average Bonchev–Trinajstić information content (AvgIpc) is 3.49. The number of allylic oxidation sites excluding steroid dienone is 24. The molecule has 0 rings (SSSR count). The summed E-state index contributed by atoms with van der Waals surface area (Å²) in [5.41, 5.74) is 0. The van der Waals surface area contributed by atoms with Crippen LogP contribution in [0.4, 0.5) is 0 Å². The summed E-state index contributed by atoms with van der Waals surface area (Å²) in [6.45, 7) is 6.38. The van der Waals surface area contributed by atoms with Crippen LogP contribution in [0.1, 0.15) is 303 Å². The highest BCUT2D eigenvalue weighted by Crippen LogP contribution is 2.15. The molecule has 6 nitrogen and oxygen atoms in total. The van der Waals surface area contributed by atoms with E-state index in [-0.39, 0.29) is 31.1 Å². The lowest BCUT2D eigenvalue weighted by atomic mass is 10.1. The third kappa shape index (κ3) is 68.0. The van der Waals surface area contributed by atoms with Crippen LogP contribution >= 0.6 is 0 Å². The first-order valence-corrected chi connectivity index (χ1v) is 34.3. The van der Waals surface area contributed by atoms with Gasteiger partial charge in [-0.1, -0.05) is 289 Å². The van der Waals surface area contributed by atoms with E-state index < -0.39 is 6.10 Å². The van der Waals surface area contributed by atoms with Crippen LogP contribution in [0, 0.1) is 0 Å². The maximum absolute atomic E-state index is 13.0. The maximum Gasteiger partial charge on any atom is 0.306 e. The van der Waals surface area contributed by atoms with Crippen LogP contribution < -0.4 is 0 Å². The predicted octanol–water partition coefficient (Wildman–Crippen LogP) is 23.9. The summed E-state index contributed by atoms with van der Waals surface area (Å²) in [7, 11) is 0. The van der Waals surface area contributed by atoms with Gasteiger partial charge in [0.25, 0.3) is 0 Å². The largest absolute Gasteiger partial charge is 0.462 e. The minimum atomic E-state index is -0.805. The molecule has 6 heteroatoms. The number of hydrogen-bond donors (Lipinski definition) is 0. The second-order valence-electron chi connectivity index (χ2n) is 22.3. The summed E-state index contributed by atoms with van der Waals surface area (Å²) in [6.07, 6.45) is 100.0. The molecule has 1 unspecified atom stereocenters. The van der Waals surface area contributed by atoms with E-state index in [0.29, 0.717) is 19.3 Å². The molecular weight excluding hydrogens is 1020 g/mol. The second-order valence-corrected chi connectivity index (χ2v) is 22.3. The molecule has 0 aromatic rings. The molecule has 0 aliphatic carbocycles. The van der Waals surface area contributed by atoms with E-state index >= 15 is 0 Å². The van der Waals surface area contributed by atoms with Gasteiger partial charge in [0.05, 0.1) is 0 Å². The van der Waals surface area contributed by atoms with Crippen molar-refractivity contribution < 1.29 is 28.6 Å². The summed E-state index contributed by atoms with van der Waals surface area (Å²) in [4.78, 5) is 38.5. The lowest BCUT2D eigenvalue weighted by molar-refractivity contribution is -0.167. The average molecular weight is 1150 g/mol. The van der Waals surface area contributed by atoms with Gasteiger partial charge in [-0.05, 0) is 141 Å². The standard InChI is InChI=1S/C77H126O6/c1-4-7-10-13-16-19-22-25-28-31-33-35-37-38-40-41-43-46-49-52-55-58-61-64-67-70-76(79)82-73-74(72-81-75(78)69-66-63-60-57-54-51-48-45-30-27-24-21-18-15-12-9-6-3)83-77(80)71-68-65-62-59-56-53-50-47-44-42-39-36-34-32-29-26-23-20-17-14-11-8-5-2/h8-9,11-12,17-18,20-22,25-27,29-31,33-34,36-38,42,44,48,51,74H,4-7,10,13-16,19,23-24,28,32,35,39-41,43,45-47,49-50,52-73H2,1-3H3/b11-8-,12-9-,20-17-,21-18-,25-22-,29-26-,30-27-,33-31-,36-34-,38-37-,44-42-,51-48-. The van der Waals surface area contributed by atoms with E-state index in [1.807, 2.05) is 0 Å². The predicted molar refractivity (Wildman–Crippen MR) is 362 cm³/mol. The molecule has 0 radical (unpaired) electrons. The molecular formula is C77H126O6. The fourth-order valence-electron chi connectivity index (χ4n) is 9.23. The third-order valence-electron chi connectivity index (χ3n) is 14.3. The molecule has 83 heavy (non-hydrogen) atoms. The van der Waals surface area contributed by atoms with Crippen molar-refractivity contribution in [2.45, 2.75) is 309 Å². The normalized spacial score (nSPS) is 13.0. The van der Waals surface area contributed by atoms with Crippen LogP contribution in [0.3, 0.4) is 0 Å². The van der Waals surface area contributed by atoms with Gasteiger partial charge < -0.3 is 14.2 Å². The number of esters is 3. The van der Waals surface area contributed by atoms with Crippen LogP contribution in [0.25, 0.3) is 0 Å². The molecule has 0 aliphatic rings. The molecule has 0 saturated carbocycles. The molecule has 0 aromatic heterocycles. The van der Waals surface area contributed by atoms with Crippen LogP contribution in [-0.4, -0.2) is 37.2 Å². The molecule has 0 aliphatic heterocycles. The lowest BCUT2D eigenvalue weighted by Crippen LogP contribution is -2.30. The molecule has 0 bridgehead atoms. The van der Waals surface area contributed by atoms with Crippen LogP contribution in [0.15, 0.2) is 146 Å². The Morgan fingerprint density at radius 1 is 0.253 bits per heavy atom. The van der Waals surface area contributed by atoms with E-state index in [0.717, 1.165) is 154 Å². The Morgan fingerprint density at radius 2 is 0.470 bits per heavy atom. The lowest BCUT2D eigenvalue weighted by Gasteiger charge is -2.18. The van der Waals surface area contributed by atoms with E-state index in [4.69, 9.17) is 14.2 Å². The fourth-order valence-corrected chi connectivity index (χ4v) is 9.23. The van der Waals surface area contributed by atoms with Gasteiger partial charge in [-0.25, -0.2) is 0 Å². The molecule has 0 heterocycles. The smallest absolute Gasteiger partial charge is 0.306 e. The Balaban J connectivity index is 4.45. The minimum absolute atomic E-state index is 0.0974. The summed E-state index contributed by atoms with van der Waals surface area (Å²) in [5, 5.41) is 0. The number of hydrogen-bond acceptors (Lipinski definition) is 6. The summed E-state index contributed by atoms with van der Waals surface area (Å²) >= 11 is 0. The van der Waals surface area contributed by atoms with Gasteiger partial charge in [-0.3, -0.25) is 14.4 Å². The number of ether oxygens (including phenoxy) is 3. The van der Waals surface area contributed by atoms with Crippen molar-refractivity contribution in [1.29, 1.82) is 0 Å². The molecule has 0 aromatic carbocycles. The Hall–Kier alpha value is -4.71. The van der Waals surface area contributed by atoms with Crippen LogP contribution in [0.5, 0.6) is 0 Å². The van der Waals surface area contributed by atoms with Crippen molar-refractivity contribution >= 4 is 17.9 Å². The van der Waals surface area contributed by atoms with Gasteiger partial charge in [0.15, 0.2) is 6.10 Å². The van der Waals surface area contributed by atoms with Gasteiger partial charge in [0.1, 0.15) is 13.2 Å². The number of unbranched alkanes of at least 4 members (excludes halogenated alkanes) is 26. The number of carbonyl (C=O) groups excluding carboxylic acids is 3. The highest BCUT2D eigenvalue weighted by atomic mass is 16.6. The van der Waals surface area contributed by atoms with Gasteiger partial charge in [-0.2, -0.15) is 0 Å². The van der Waals surface area contributed by atoms with Gasteiger partial charge in [0.2, 0.25) is 0 Å². The molecule has 470 valence electrons. The first kappa shape index (κ1) is 78.3. The van der Waals surface area contributed by atoms with Crippen molar-refractivity contribution in [3.05, 3.63) is 146 Å². The number of rotatable bonds is 61. The zero-order valence-electron chi connectivity index (χ0n) is 53.9. The van der Waals surface area contributed by atoms with E-state index in [9.17, 15) is 14.4 Å². The SMILES string of the molecule is CC/C=C\C/C=C\C/C=C\C/C=C\C/C=C\CCCCCCCCCC(=O)OC(COC(=O)CCCCCC/C=C\C/C=C\C/C=C\C/C=C\CC)COC(=O)CCCCCCCCCCCC/C=C\C/C=C\C/C=C\CCCCCCC. The monoisotopic (exact) mass is 1150 g/mol. The second kappa shape index (κ2) is 69.8. The van der Waals surface area contributed by atoms with Crippen molar-refractivity contribution in [3.63, 3.8) is 0 Å². The Kier molecular flexibility index (Phi) is 65.8. The number of carbonyl (C=O) groups is 3. The van der Waals surface area contributed by atoms with E-state index in [1.165, 1.54) is 109 Å². The Morgan fingerprint density at radius 3 is 0.735 bits per heavy atom. The topological polar surface area (TPSA) is 78.9 Å². The van der Waals surface area contributed by atoms with E-state index in [1.54, 1.807) is 0 Å². The first-order chi connectivity index (χ1) is 41.0. The fraction of sp³-hybridized carbons (Fsp3) is 0.649. The van der Waals surface area contributed by atoms with Crippen molar-refractivity contribution in [1.82, 2.24) is 0 Å². The zero-order valence-corrected chi connectivity index (χ0v) is 53.9. The summed E-state index contributed by atoms with van der Waals surface area (Å²) in [5.74, 6) is -0.933. The van der Waals surface area contributed by atoms with Crippen LogP contribution in [-0.2, 0) is 28.6 Å². The zero-order chi connectivity index (χ0) is 59.9. The van der Waals surface area contributed by atoms with Crippen molar-refractivity contribution in [2.75, 3.05) is 13.2 Å². The minimum Gasteiger partial charge on any atom is -0.462 e. The molecule has 0 saturated heterocycles. The van der Waals surface area contributed by atoms with Crippen LogP contribution in [0.2, 0.25) is 0 Å². The highest BCUT2D eigenvalue weighted by molar-refractivity contribution is 5.71. The quantitative estimate of drug-likeness (QED) is 0.0261. The molecule has 1 atom stereocenters.